The predicted octanol–water partition coefficient (Wildman–Crippen LogP) is 5.53. The van der Waals surface area contributed by atoms with Crippen molar-refractivity contribution in [1.82, 2.24) is 4.57 Å². The van der Waals surface area contributed by atoms with Crippen LogP contribution in [0, 0.1) is 0 Å². The van der Waals surface area contributed by atoms with E-state index in [9.17, 15) is 4.79 Å². The fourth-order valence-electron chi connectivity index (χ4n) is 4.06. The van der Waals surface area contributed by atoms with Crippen LogP contribution < -0.4 is 0 Å². The van der Waals surface area contributed by atoms with Gasteiger partial charge < -0.3 is 18.6 Å². The van der Waals surface area contributed by atoms with E-state index in [1.165, 1.54) is 0 Å². The van der Waals surface area contributed by atoms with E-state index in [2.05, 4.69) is 47.3 Å². The second kappa shape index (κ2) is 8.17. The molecule has 3 rings (SSSR count). The molecule has 5 nitrogen and oxygen atoms in total. The molecule has 0 radical (unpaired) electrons. The molecule has 0 saturated carbocycles. The molecule has 0 unspecified atom stereocenters. The first-order valence-electron chi connectivity index (χ1n) is 10.9. The molecule has 2 heterocycles. The van der Waals surface area contributed by atoms with Crippen molar-refractivity contribution in [2.24, 2.45) is 7.05 Å². The lowest BCUT2D eigenvalue weighted by atomic mass is 9.71. The molecule has 1 fully saturated rings. The summed E-state index contributed by atoms with van der Waals surface area (Å²) in [6, 6.07) is 10.9. The second-order valence-corrected chi connectivity index (χ2v) is 16.3. The van der Waals surface area contributed by atoms with Gasteiger partial charge in [-0.1, -0.05) is 43.9 Å². The van der Waals surface area contributed by atoms with E-state index in [0.717, 1.165) is 23.4 Å². The van der Waals surface area contributed by atoms with Gasteiger partial charge in [0.15, 0.2) is 0 Å². The van der Waals surface area contributed by atoms with Crippen molar-refractivity contribution in [3.05, 3.63) is 36.0 Å². The van der Waals surface area contributed by atoms with Gasteiger partial charge in [-0.05, 0) is 52.1 Å². The lowest BCUT2D eigenvalue weighted by Crippen LogP contribution is -2.41. The van der Waals surface area contributed by atoms with Crippen molar-refractivity contribution < 1.29 is 18.8 Å². The molecule has 1 aromatic carbocycles. The summed E-state index contributed by atoms with van der Waals surface area (Å²) in [7, 11) is 0.277. The number of esters is 1. The Labute approximate surface area is 182 Å². The zero-order valence-corrected chi connectivity index (χ0v) is 20.7. The van der Waals surface area contributed by atoms with Crippen LogP contribution in [0.1, 0.15) is 44.6 Å². The Hall–Kier alpha value is -1.57. The molecule has 0 bridgehead atoms. The zero-order chi connectivity index (χ0) is 22.3. The minimum atomic E-state index is -1.36. The normalized spacial score (nSPS) is 19.3. The number of hydrogen-bond donors (Lipinski definition) is 0. The summed E-state index contributed by atoms with van der Waals surface area (Å²) in [6.07, 6.45) is 0.733. The van der Waals surface area contributed by atoms with Gasteiger partial charge in [-0.2, -0.15) is 0 Å². The molecular formula is C23H36BNO4Si. The van der Waals surface area contributed by atoms with Crippen LogP contribution in [0.2, 0.25) is 31.5 Å². The molecule has 0 N–H and O–H groups in total. The molecule has 1 aliphatic rings. The first-order chi connectivity index (χ1) is 13.8. The Balaban J connectivity index is 1.67. The zero-order valence-electron chi connectivity index (χ0n) is 19.7. The summed E-state index contributed by atoms with van der Waals surface area (Å²) < 4.78 is 20.2. The van der Waals surface area contributed by atoms with Gasteiger partial charge in [0.05, 0.1) is 17.8 Å². The van der Waals surface area contributed by atoms with E-state index in [1.54, 1.807) is 0 Å². The lowest BCUT2D eigenvalue weighted by molar-refractivity contribution is 0.00578. The van der Waals surface area contributed by atoms with Crippen LogP contribution >= 0.6 is 0 Å². The number of carbonyl (C=O) groups is 1. The minimum Gasteiger partial charge on any atom is -0.461 e. The van der Waals surface area contributed by atoms with Crippen molar-refractivity contribution in [1.29, 1.82) is 0 Å². The third-order valence-electron chi connectivity index (χ3n) is 6.41. The summed E-state index contributed by atoms with van der Waals surface area (Å²) in [5.74, 6) is -0.0765. The molecule has 0 spiro atoms. The molecular weight excluding hydrogens is 393 g/mol. The molecule has 7 heteroatoms. The Bertz CT molecular complexity index is 900. The van der Waals surface area contributed by atoms with Crippen LogP contribution in [0.4, 0.5) is 0 Å². The van der Waals surface area contributed by atoms with Crippen LogP contribution in [-0.2, 0) is 21.1 Å². The number of benzene rings is 1. The van der Waals surface area contributed by atoms with Crippen molar-refractivity contribution in [2.45, 2.75) is 76.8 Å². The van der Waals surface area contributed by atoms with Crippen LogP contribution in [0.5, 0.6) is 0 Å². The van der Waals surface area contributed by atoms with E-state index in [1.807, 2.05) is 41.9 Å². The highest BCUT2D eigenvalue weighted by molar-refractivity contribution is 6.77. The topological polar surface area (TPSA) is 49.7 Å². The molecule has 1 aliphatic heterocycles. The Morgan fingerprint density at radius 1 is 1.13 bits per heavy atom. The summed E-state index contributed by atoms with van der Waals surface area (Å²) in [6.45, 7) is 15.8. The molecule has 0 amide bonds. The van der Waals surface area contributed by atoms with Crippen molar-refractivity contribution >= 4 is 32.1 Å². The van der Waals surface area contributed by atoms with Crippen molar-refractivity contribution in [2.75, 3.05) is 6.61 Å². The van der Waals surface area contributed by atoms with Crippen LogP contribution in [0.25, 0.3) is 10.9 Å². The number of aromatic nitrogens is 1. The van der Waals surface area contributed by atoms with Crippen molar-refractivity contribution in [3.63, 3.8) is 0 Å². The largest absolute Gasteiger partial charge is 0.461 e. The summed E-state index contributed by atoms with van der Waals surface area (Å²) in [4.78, 5) is 12.7. The van der Waals surface area contributed by atoms with Gasteiger partial charge in [-0.15, -0.1) is 0 Å². The number of nitrogens with zero attached hydrogens (tertiary/aromatic N) is 1. The van der Waals surface area contributed by atoms with Gasteiger partial charge in [0, 0.05) is 26.0 Å². The van der Waals surface area contributed by atoms with Gasteiger partial charge in [-0.3, -0.25) is 0 Å². The van der Waals surface area contributed by atoms with Gasteiger partial charge in [0.1, 0.15) is 5.69 Å². The van der Waals surface area contributed by atoms with E-state index in [-0.39, 0.29) is 30.1 Å². The fourth-order valence-corrected chi connectivity index (χ4v) is 6.03. The van der Waals surface area contributed by atoms with E-state index in [0.29, 0.717) is 12.3 Å². The third-order valence-corrected chi connectivity index (χ3v) is 8.16. The van der Waals surface area contributed by atoms with Crippen LogP contribution in [0.15, 0.2) is 30.3 Å². The number of ether oxygens (including phenoxy) is 1. The van der Waals surface area contributed by atoms with Gasteiger partial charge in [0.25, 0.3) is 0 Å². The van der Waals surface area contributed by atoms with E-state index in [4.69, 9.17) is 14.0 Å². The Morgan fingerprint density at radius 3 is 2.30 bits per heavy atom. The summed E-state index contributed by atoms with van der Waals surface area (Å²) >= 11 is 0. The lowest BCUT2D eigenvalue weighted by Gasteiger charge is -2.32. The highest BCUT2D eigenvalue weighted by Gasteiger charge is 2.53. The summed E-state index contributed by atoms with van der Waals surface area (Å²) in [5.41, 5.74) is 0.900. The monoisotopic (exact) mass is 429 g/mol. The average Bonchev–Trinajstić information content (AvgIpc) is 3.06. The first-order valence-corrected chi connectivity index (χ1v) is 14.6. The van der Waals surface area contributed by atoms with Gasteiger partial charge in [0.2, 0.25) is 0 Å². The van der Waals surface area contributed by atoms with Gasteiger partial charge >= 0.3 is 13.1 Å². The molecule has 1 aromatic heterocycles. The molecule has 164 valence electrons. The maximum absolute atomic E-state index is 12.7. The maximum Gasteiger partial charge on any atom is 0.460 e. The highest BCUT2D eigenvalue weighted by atomic mass is 28.3. The Morgan fingerprint density at radius 2 is 1.73 bits per heavy atom. The quantitative estimate of drug-likeness (QED) is 0.429. The molecule has 2 aromatic rings. The van der Waals surface area contributed by atoms with Crippen molar-refractivity contribution in [3.8, 4) is 0 Å². The van der Waals surface area contributed by atoms with E-state index < -0.39 is 8.07 Å². The fraction of sp³-hybridized carbons (Fsp3) is 0.609. The number of carbonyl (C=O) groups excluding carboxylic acids is 1. The number of rotatable bonds is 7. The highest BCUT2D eigenvalue weighted by Crippen LogP contribution is 2.43. The number of aryl methyl sites for hydroxylation is 1. The molecule has 1 atom stereocenters. The first kappa shape index (κ1) is 23.1. The van der Waals surface area contributed by atoms with Gasteiger partial charge in [-0.25, -0.2) is 4.79 Å². The second-order valence-electron chi connectivity index (χ2n) is 10.7. The predicted molar refractivity (Wildman–Crippen MR) is 126 cm³/mol. The number of fused-ring (bicyclic) bond motifs is 1. The molecule has 30 heavy (non-hydrogen) atoms. The minimum absolute atomic E-state index is 0.206. The summed E-state index contributed by atoms with van der Waals surface area (Å²) in [5, 5.41) is 1.04. The number of para-hydroxylation sites is 1. The maximum atomic E-state index is 12.7. The van der Waals surface area contributed by atoms with E-state index >= 15 is 0 Å². The van der Waals surface area contributed by atoms with Crippen LogP contribution in [0.3, 0.4) is 0 Å². The SMILES string of the molecule is Cn1c(C(=O)OCC[C@@H](C[Si](C)(C)C)B2OC(C)(C)C(C)(C)O2)cc2ccccc21. The standard InChI is InChI=1S/C23H36BNO4Si/c1-22(2)23(3,4)29-24(28-22)18(16-30(6,7)8)13-14-27-21(26)20-15-17-11-9-10-12-19(17)25(20)5/h9-12,15,18H,13-14,16H2,1-8H3/t18-/m0/s1. The van der Waals surface area contributed by atoms with Crippen LogP contribution in [-0.4, -0.2) is 43.5 Å². The third kappa shape index (κ3) is 4.84. The molecule has 0 aliphatic carbocycles. The average molecular weight is 429 g/mol. The Kier molecular flexibility index (Phi) is 6.29. The smallest absolute Gasteiger partial charge is 0.460 e. The molecule has 1 saturated heterocycles. The number of hydrogen-bond acceptors (Lipinski definition) is 4.